The minimum Gasteiger partial charge on any atom is -0.444 e. The fourth-order valence-electron chi connectivity index (χ4n) is 2.49. The third-order valence-electron chi connectivity index (χ3n) is 3.87. The van der Waals surface area contributed by atoms with E-state index in [2.05, 4.69) is 26.6 Å². The van der Waals surface area contributed by atoms with Crippen molar-refractivity contribution >= 4 is 33.4 Å². The van der Waals surface area contributed by atoms with E-state index in [9.17, 15) is 19.1 Å². The van der Waals surface area contributed by atoms with Crippen LogP contribution in [-0.2, 0) is 0 Å². The number of benzene rings is 2. The maximum Gasteiger partial charge on any atom is 0.291 e. The van der Waals surface area contributed by atoms with Crippen molar-refractivity contribution in [2.75, 3.05) is 11.9 Å². The molecule has 1 aromatic heterocycles. The van der Waals surface area contributed by atoms with Crippen LogP contribution < -0.4 is 10.6 Å². The normalized spacial score (nSPS) is 11.7. The van der Waals surface area contributed by atoms with E-state index in [1.165, 1.54) is 30.3 Å². The molecule has 2 amide bonds. The first-order valence-electron chi connectivity index (χ1n) is 8.31. The first kappa shape index (κ1) is 19.8. The molecule has 0 bridgehead atoms. The Labute approximate surface area is 168 Å². The van der Waals surface area contributed by atoms with Crippen LogP contribution in [0, 0.1) is 5.82 Å². The second-order valence-corrected chi connectivity index (χ2v) is 6.70. The Morgan fingerprint density at radius 2 is 1.86 bits per heavy atom. The summed E-state index contributed by atoms with van der Waals surface area (Å²) in [6.07, 6.45) is -1.04. The lowest BCUT2D eigenvalue weighted by atomic mass is 10.1. The molecule has 0 aliphatic carbocycles. The van der Waals surface area contributed by atoms with Crippen LogP contribution in [0.4, 0.5) is 10.1 Å². The molecule has 0 saturated heterocycles. The van der Waals surface area contributed by atoms with Crippen LogP contribution in [0.2, 0.25) is 0 Å². The maximum absolute atomic E-state index is 13.2. The molecule has 0 radical (unpaired) electrons. The summed E-state index contributed by atoms with van der Waals surface area (Å²) in [5.74, 6) is -1.23. The summed E-state index contributed by atoms with van der Waals surface area (Å²) in [4.78, 5) is 24.4. The highest BCUT2D eigenvalue weighted by Gasteiger charge is 2.14. The van der Waals surface area contributed by atoms with E-state index < -0.39 is 23.7 Å². The Morgan fingerprint density at radius 1 is 1.07 bits per heavy atom. The van der Waals surface area contributed by atoms with Crippen molar-refractivity contribution in [3.63, 3.8) is 0 Å². The molecule has 2 aromatic carbocycles. The standard InChI is InChI=1S/C20H16BrFN2O4/c21-18-8-7-17(28-18)20(27)24-15-6-2-4-13(10-15)19(26)23-11-16(25)12-3-1-5-14(22)9-12/h1-10,16,25H,11H2,(H,23,26)(H,24,27). The largest absolute Gasteiger partial charge is 0.444 e. The second-order valence-electron chi connectivity index (χ2n) is 5.92. The lowest BCUT2D eigenvalue weighted by Crippen LogP contribution is -2.28. The molecule has 3 rings (SSSR count). The first-order valence-corrected chi connectivity index (χ1v) is 9.10. The molecule has 6 nitrogen and oxygen atoms in total. The third-order valence-corrected chi connectivity index (χ3v) is 4.30. The van der Waals surface area contributed by atoms with Crippen molar-refractivity contribution in [2.24, 2.45) is 0 Å². The van der Waals surface area contributed by atoms with Crippen LogP contribution in [0.3, 0.4) is 0 Å². The van der Waals surface area contributed by atoms with Crippen molar-refractivity contribution in [2.45, 2.75) is 6.10 Å². The van der Waals surface area contributed by atoms with Crippen LogP contribution in [0.5, 0.6) is 0 Å². The highest BCUT2D eigenvalue weighted by molar-refractivity contribution is 9.10. The smallest absolute Gasteiger partial charge is 0.291 e. The van der Waals surface area contributed by atoms with Gasteiger partial charge in [-0.3, -0.25) is 9.59 Å². The van der Waals surface area contributed by atoms with Gasteiger partial charge in [-0.2, -0.15) is 0 Å². The van der Waals surface area contributed by atoms with Crippen molar-refractivity contribution < 1.29 is 23.5 Å². The van der Waals surface area contributed by atoms with E-state index in [4.69, 9.17) is 4.42 Å². The number of carbonyl (C=O) groups is 2. The summed E-state index contributed by atoms with van der Waals surface area (Å²) in [6.45, 7) is -0.0840. The zero-order valence-electron chi connectivity index (χ0n) is 14.5. The van der Waals surface area contributed by atoms with Gasteiger partial charge in [-0.05, 0) is 64.0 Å². The topological polar surface area (TPSA) is 91.6 Å². The van der Waals surface area contributed by atoms with Gasteiger partial charge in [0.1, 0.15) is 5.82 Å². The number of carbonyl (C=O) groups excluding carboxylic acids is 2. The molecule has 8 heteroatoms. The number of anilines is 1. The number of furan rings is 1. The van der Waals surface area contributed by atoms with Gasteiger partial charge in [0, 0.05) is 17.8 Å². The van der Waals surface area contributed by atoms with Crippen LogP contribution in [-0.4, -0.2) is 23.5 Å². The zero-order chi connectivity index (χ0) is 20.1. The molecule has 1 unspecified atom stereocenters. The molecule has 0 fully saturated rings. The number of hydrogen-bond donors (Lipinski definition) is 3. The lowest BCUT2D eigenvalue weighted by Gasteiger charge is -2.13. The van der Waals surface area contributed by atoms with Crippen LogP contribution in [0.1, 0.15) is 32.6 Å². The van der Waals surface area contributed by atoms with Crippen molar-refractivity contribution in [1.29, 1.82) is 0 Å². The number of aliphatic hydroxyl groups is 1. The van der Waals surface area contributed by atoms with Crippen molar-refractivity contribution in [3.8, 4) is 0 Å². The highest BCUT2D eigenvalue weighted by atomic mass is 79.9. The fourth-order valence-corrected chi connectivity index (χ4v) is 2.80. The average Bonchev–Trinajstić information content (AvgIpc) is 3.12. The Hall–Kier alpha value is -2.97. The van der Waals surface area contributed by atoms with Gasteiger partial charge in [0.2, 0.25) is 0 Å². The third kappa shape index (κ3) is 5.05. The molecule has 0 aliphatic heterocycles. The van der Waals surface area contributed by atoms with E-state index in [-0.39, 0.29) is 12.3 Å². The Bertz CT molecular complexity index is 1010. The number of hydrogen-bond acceptors (Lipinski definition) is 4. The van der Waals surface area contributed by atoms with Crippen LogP contribution >= 0.6 is 15.9 Å². The van der Waals surface area contributed by atoms with Gasteiger partial charge in [0.25, 0.3) is 11.8 Å². The monoisotopic (exact) mass is 446 g/mol. The highest BCUT2D eigenvalue weighted by Crippen LogP contribution is 2.17. The molecule has 3 N–H and O–H groups in total. The fraction of sp³-hybridized carbons (Fsp3) is 0.100. The van der Waals surface area contributed by atoms with Crippen molar-refractivity contribution in [3.05, 3.63) is 88.0 Å². The Morgan fingerprint density at radius 3 is 2.57 bits per heavy atom. The van der Waals surface area contributed by atoms with E-state index in [0.29, 0.717) is 21.5 Å². The molecule has 3 aromatic rings. The van der Waals surface area contributed by atoms with E-state index in [1.807, 2.05) is 0 Å². The van der Waals surface area contributed by atoms with Gasteiger partial charge >= 0.3 is 0 Å². The molecular formula is C20H16BrFN2O4. The number of rotatable bonds is 6. The molecule has 0 spiro atoms. The number of nitrogens with one attached hydrogen (secondary N) is 2. The number of halogens is 2. The molecule has 1 atom stereocenters. The molecular weight excluding hydrogens is 431 g/mol. The van der Waals surface area contributed by atoms with E-state index in [1.54, 1.807) is 30.3 Å². The summed E-state index contributed by atoms with van der Waals surface area (Å²) in [5.41, 5.74) is 1.08. The van der Waals surface area contributed by atoms with Crippen LogP contribution in [0.25, 0.3) is 0 Å². The van der Waals surface area contributed by atoms with Crippen molar-refractivity contribution in [1.82, 2.24) is 5.32 Å². The summed E-state index contributed by atoms with van der Waals surface area (Å²) in [7, 11) is 0. The minimum atomic E-state index is -1.04. The summed E-state index contributed by atoms with van der Waals surface area (Å²) in [6, 6.07) is 15.0. The van der Waals surface area contributed by atoms with Gasteiger partial charge < -0.3 is 20.2 Å². The predicted molar refractivity (Wildman–Crippen MR) is 104 cm³/mol. The van der Waals surface area contributed by atoms with Gasteiger partial charge in [-0.25, -0.2) is 4.39 Å². The predicted octanol–water partition coefficient (Wildman–Crippen LogP) is 3.90. The SMILES string of the molecule is O=C(NCC(O)c1cccc(F)c1)c1cccc(NC(=O)c2ccc(Br)o2)c1. The zero-order valence-corrected chi connectivity index (χ0v) is 16.1. The Balaban J connectivity index is 1.61. The summed E-state index contributed by atoms with van der Waals surface area (Å²) >= 11 is 3.13. The summed E-state index contributed by atoms with van der Waals surface area (Å²) in [5, 5.41) is 15.3. The van der Waals surface area contributed by atoms with Gasteiger partial charge in [-0.1, -0.05) is 18.2 Å². The maximum atomic E-state index is 13.2. The quantitative estimate of drug-likeness (QED) is 0.535. The van der Waals surface area contributed by atoms with E-state index in [0.717, 1.165) is 0 Å². The number of aliphatic hydroxyl groups excluding tert-OH is 1. The van der Waals surface area contributed by atoms with Crippen LogP contribution in [0.15, 0.2) is 69.8 Å². The average molecular weight is 447 g/mol. The number of amides is 2. The Kier molecular flexibility index (Phi) is 6.23. The molecule has 144 valence electrons. The molecule has 28 heavy (non-hydrogen) atoms. The molecule has 1 heterocycles. The summed E-state index contributed by atoms with van der Waals surface area (Å²) < 4.78 is 18.8. The second kappa shape index (κ2) is 8.81. The van der Waals surface area contributed by atoms with Gasteiger partial charge in [-0.15, -0.1) is 0 Å². The van der Waals surface area contributed by atoms with E-state index >= 15 is 0 Å². The first-order chi connectivity index (χ1) is 13.4. The molecule has 0 saturated carbocycles. The minimum absolute atomic E-state index is 0.0840. The molecule has 0 aliphatic rings. The van der Waals surface area contributed by atoms with Gasteiger partial charge in [0.15, 0.2) is 10.4 Å². The van der Waals surface area contributed by atoms with Gasteiger partial charge in [0.05, 0.1) is 6.10 Å². The lowest BCUT2D eigenvalue weighted by molar-refractivity contribution is 0.0915.